The second kappa shape index (κ2) is 5.67. The fourth-order valence-electron chi connectivity index (χ4n) is 2.03. The maximum absolute atomic E-state index is 11.7. The van der Waals surface area contributed by atoms with E-state index < -0.39 is 5.97 Å². The number of carboxylic acid groups (broad SMARTS) is 1. The molecule has 0 bridgehead atoms. The molecule has 0 atom stereocenters. The maximum Gasteiger partial charge on any atom is 0.305 e. The second-order valence-electron chi connectivity index (χ2n) is 4.65. The van der Waals surface area contributed by atoms with Crippen LogP contribution < -0.4 is 5.32 Å². The van der Waals surface area contributed by atoms with Crippen molar-refractivity contribution in [2.24, 2.45) is 0 Å². The topological polar surface area (TPSA) is 66.4 Å². The van der Waals surface area contributed by atoms with Gasteiger partial charge < -0.3 is 10.4 Å². The number of hydrogen-bond donors (Lipinski definition) is 2. The molecule has 0 heterocycles. The number of rotatable bonds is 5. The molecule has 0 saturated heterocycles. The van der Waals surface area contributed by atoms with E-state index >= 15 is 0 Å². The van der Waals surface area contributed by atoms with Gasteiger partial charge in [-0.15, -0.1) is 0 Å². The largest absolute Gasteiger partial charge is 0.481 e. The molecule has 1 fully saturated rings. The summed E-state index contributed by atoms with van der Waals surface area (Å²) in [4.78, 5) is 22.0. The molecule has 0 radical (unpaired) electrons. The van der Waals surface area contributed by atoms with E-state index in [1.807, 2.05) is 24.3 Å². The molecule has 1 aliphatic rings. The predicted octanol–water partition coefficient (Wildman–Crippen LogP) is 2.16. The van der Waals surface area contributed by atoms with Crippen molar-refractivity contribution < 1.29 is 14.7 Å². The van der Waals surface area contributed by atoms with Crippen molar-refractivity contribution in [1.29, 1.82) is 0 Å². The van der Waals surface area contributed by atoms with Crippen molar-refractivity contribution in [3.63, 3.8) is 0 Å². The zero-order valence-corrected chi connectivity index (χ0v) is 10.2. The van der Waals surface area contributed by atoms with Crippen molar-refractivity contribution in [2.75, 3.05) is 6.54 Å². The SMILES string of the molecule is O=C(O)CCNC(=O)c1ccc(C2CCC2)cc1. The summed E-state index contributed by atoms with van der Waals surface area (Å²) in [7, 11) is 0. The van der Waals surface area contributed by atoms with Gasteiger partial charge >= 0.3 is 5.97 Å². The van der Waals surface area contributed by atoms with Crippen LogP contribution in [0.2, 0.25) is 0 Å². The standard InChI is InChI=1S/C14H17NO3/c16-13(17)8-9-15-14(18)12-6-4-11(5-7-12)10-2-1-3-10/h4-7,10H,1-3,8-9H2,(H,15,18)(H,16,17). The van der Waals surface area contributed by atoms with Gasteiger partial charge in [0.2, 0.25) is 0 Å². The number of benzene rings is 1. The monoisotopic (exact) mass is 247 g/mol. The molecule has 1 saturated carbocycles. The van der Waals surface area contributed by atoms with E-state index in [4.69, 9.17) is 5.11 Å². The highest BCUT2D eigenvalue weighted by Crippen LogP contribution is 2.36. The van der Waals surface area contributed by atoms with E-state index in [2.05, 4.69) is 5.32 Å². The van der Waals surface area contributed by atoms with E-state index in [9.17, 15) is 9.59 Å². The third-order valence-corrected chi connectivity index (χ3v) is 3.37. The highest BCUT2D eigenvalue weighted by atomic mass is 16.4. The number of aliphatic carboxylic acids is 1. The predicted molar refractivity (Wildman–Crippen MR) is 67.6 cm³/mol. The van der Waals surface area contributed by atoms with Crippen molar-refractivity contribution in [3.8, 4) is 0 Å². The number of amides is 1. The second-order valence-corrected chi connectivity index (χ2v) is 4.65. The lowest BCUT2D eigenvalue weighted by atomic mass is 9.80. The Morgan fingerprint density at radius 2 is 1.89 bits per heavy atom. The van der Waals surface area contributed by atoms with E-state index in [1.54, 1.807) is 0 Å². The molecule has 1 amide bonds. The molecule has 0 unspecified atom stereocenters. The lowest BCUT2D eigenvalue weighted by Gasteiger charge is -2.25. The van der Waals surface area contributed by atoms with Crippen LogP contribution in [0.15, 0.2) is 24.3 Å². The van der Waals surface area contributed by atoms with E-state index in [0.29, 0.717) is 11.5 Å². The summed E-state index contributed by atoms with van der Waals surface area (Å²) >= 11 is 0. The molecule has 2 rings (SSSR count). The zero-order valence-electron chi connectivity index (χ0n) is 10.2. The third-order valence-electron chi connectivity index (χ3n) is 3.37. The Labute approximate surface area is 106 Å². The van der Waals surface area contributed by atoms with Gasteiger partial charge in [0, 0.05) is 12.1 Å². The maximum atomic E-state index is 11.7. The lowest BCUT2D eigenvalue weighted by Crippen LogP contribution is -2.26. The molecule has 2 N–H and O–H groups in total. The van der Waals surface area contributed by atoms with Gasteiger partial charge in [-0.3, -0.25) is 9.59 Å². The summed E-state index contributed by atoms with van der Waals surface area (Å²) in [5.41, 5.74) is 1.88. The first-order valence-corrected chi connectivity index (χ1v) is 6.27. The Balaban J connectivity index is 1.88. The van der Waals surface area contributed by atoms with E-state index in [-0.39, 0.29) is 18.9 Å². The molecule has 0 spiro atoms. The number of nitrogens with one attached hydrogen (secondary N) is 1. The zero-order chi connectivity index (χ0) is 13.0. The van der Waals surface area contributed by atoms with Crippen molar-refractivity contribution >= 4 is 11.9 Å². The molecule has 1 aromatic carbocycles. The van der Waals surface area contributed by atoms with E-state index in [1.165, 1.54) is 24.8 Å². The first-order valence-electron chi connectivity index (χ1n) is 6.27. The van der Waals surface area contributed by atoms with Gasteiger partial charge in [-0.1, -0.05) is 18.6 Å². The van der Waals surface area contributed by atoms with E-state index in [0.717, 1.165) is 0 Å². The van der Waals surface area contributed by atoms with Crippen molar-refractivity contribution in [1.82, 2.24) is 5.32 Å². The van der Waals surface area contributed by atoms with Crippen LogP contribution >= 0.6 is 0 Å². The number of hydrogen-bond acceptors (Lipinski definition) is 2. The Hall–Kier alpha value is -1.84. The van der Waals surface area contributed by atoms with Crippen LogP contribution in [-0.4, -0.2) is 23.5 Å². The van der Waals surface area contributed by atoms with Gasteiger partial charge in [0.1, 0.15) is 0 Å². The minimum Gasteiger partial charge on any atom is -0.481 e. The van der Waals surface area contributed by atoms with Gasteiger partial charge in [0.25, 0.3) is 5.91 Å². The van der Waals surface area contributed by atoms with Gasteiger partial charge in [-0.25, -0.2) is 0 Å². The summed E-state index contributed by atoms with van der Waals surface area (Å²) in [5.74, 6) is -0.457. The fraction of sp³-hybridized carbons (Fsp3) is 0.429. The van der Waals surface area contributed by atoms with Gasteiger partial charge in [-0.2, -0.15) is 0 Å². The summed E-state index contributed by atoms with van der Waals surface area (Å²) in [6.45, 7) is 0.165. The normalized spacial score (nSPS) is 14.9. The molecule has 4 heteroatoms. The Kier molecular flexibility index (Phi) is 3.97. The van der Waals surface area contributed by atoms with Gasteiger partial charge in [0.05, 0.1) is 6.42 Å². The fourth-order valence-corrected chi connectivity index (χ4v) is 2.03. The average Bonchev–Trinajstić information content (AvgIpc) is 2.27. The Morgan fingerprint density at radius 1 is 1.22 bits per heavy atom. The molecule has 0 aliphatic heterocycles. The molecular formula is C14H17NO3. The summed E-state index contributed by atoms with van der Waals surface area (Å²) in [6.07, 6.45) is 3.72. The smallest absolute Gasteiger partial charge is 0.305 e. The summed E-state index contributed by atoms with van der Waals surface area (Å²) in [5, 5.41) is 11.1. The average molecular weight is 247 g/mol. The molecule has 4 nitrogen and oxygen atoms in total. The quantitative estimate of drug-likeness (QED) is 0.837. The first kappa shape index (κ1) is 12.6. The van der Waals surface area contributed by atoms with Gasteiger partial charge in [0.15, 0.2) is 0 Å². The molecule has 0 aromatic heterocycles. The molecule has 18 heavy (non-hydrogen) atoms. The minimum absolute atomic E-state index is 0.0497. The Bertz CT molecular complexity index is 435. The van der Waals surface area contributed by atoms with Gasteiger partial charge in [-0.05, 0) is 36.5 Å². The van der Waals surface area contributed by atoms with Crippen molar-refractivity contribution in [3.05, 3.63) is 35.4 Å². The van der Waals surface area contributed by atoms with Crippen molar-refractivity contribution in [2.45, 2.75) is 31.6 Å². The number of carbonyl (C=O) groups is 2. The van der Waals surface area contributed by atoms with Crippen LogP contribution in [0.1, 0.15) is 47.5 Å². The van der Waals surface area contributed by atoms with Crippen LogP contribution in [0.5, 0.6) is 0 Å². The first-order chi connectivity index (χ1) is 8.66. The van der Waals surface area contributed by atoms with Crippen LogP contribution in [0, 0.1) is 0 Å². The van der Waals surface area contributed by atoms with Crippen LogP contribution in [-0.2, 0) is 4.79 Å². The van der Waals surface area contributed by atoms with Crippen LogP contribution in [0.4, 0.5) is 0 Å². The lowest BCUT2D eigenvalue weighted by molar-refractivity contribution is -0.136. The summed E-state index contributed by atoms with van der Waals surface area (Å²) < 4.78 is 0. The molecule has 1 aliphatic carbocycles. The molecular weight excluding hydrogens is 230 g/mol. The summed E-state index contributed by atoms with van der Waals surface area (Å²) in [6, 6.07) is 7.61. The van der Waals surface area contributed by atoms with Crippen LogP contribution in [0.3, 0.4) is 0 Å². The minimum atomic E-state index is -0.907. The highest BCUT2D eigenvalue weighted by Gasteiger charge is 2.19. The third kappa shape index (κ3) is 3.09. The highest BCUT2D eigenvalue weighted by molar-refractivity contribution is 5.94. The van der Waals surface area contributed by atoms with Crippen LogP contribution in [0.25, 0.3) is 0 Å². The molecule has 1 aromatic rings. The number of carboxylic acids is 1. The Morgan fingerprint density at radius 3 is 2.39 bits per heavy atom. The number of carbonyl (C=O) groups excluding carboxylic acids is 1. The molecule has 96 valence electrons.